The van der Waals surface area contributed by atoms with Crippen LogP contribution in [-0.4, -0.2) is 23.0 Å². The number of halogens is 2. The van der Waals surface area contributed by atoms with Crippen LogP contribution in [0, 0.1) is 0 Å². The van der Waals surface area contributed by atoms with Gasteiger partial charge < -0.3 is 15.4 Å². The molecule has 6 heteroatoms. The summed E-state index contributed by atoms with van der Waals surface area (Å²) < 4.78 is 32.6. The van der Waals surface area contributed by atoms with Crippen LogP contribution in [-0.2, 0) is 17.9 Å². The van der Waals surface area contributed by atoms with E-state index >= 15 is 0 Å². The van der Waals surface area contributed by atoms with Crippen molar-refractivity contribution in [3.05, 3.63) is 65.2 Å². The number of carbonyl (C=O) groups is 1. The highest BCUT2D eigenvalue weighted by atomic mass is 19.3. The molecule has 0 saturated heterocycles. The predicted octanol–water partition coefficient (Wildman–Crippen LogP) is 5.07. The molecule has 0 spiro atoms. The summed E-state index contributed by atoms with van der Waals surface area (Å²) in [6.07, 6.45) is -2.15. The Hall–Kier alpha value is -2.47. The molecule has 0 aliphatic carbocycles. The lowest BCUT2D eigenvalue weighted by Crippen LogP contribution is -2.45. The van der Waals surface area contributed by atoms with Gasteiger partial charge >= 0.3 is 0 Å². The lowest BCUT2D eigenvalue weighted by atomic mass is 10.1. The molecule has 0 heterocycles. The molecular formula is C23H30F2N2O2. The van der Waals surface area contributed by atoms with Gasteiger partial charge in [0.25, 0.3) is 12.3 Å². The minimum atomic E-state index is -2.65. The van der Waals surface area contributed by atoms with Gasteiger partial charge in [-0.1, -0.05) is 49.7 Å². The molecule has 2 aromatic carbocycles. The summed E-state index contributed by atoms with van der Waals surface area (Å²) in [4.78, 5) is 15.0. The molecule has 0 fully saturated rings. The highest BCUT2D eigenvalue weighted by Crippen LogP contribution is 2.28. The molecule has 0 aliphatic rings. The summed E-state index contributed by atoms with van der Waals surface area (Å²) in [6, 6.07) is 14.1. The van der Waals surface area contributed by atoms with E-state index < -0.39 is 12.5 Å². The maximum Gasteiger partial charge on any atom is 0.264 e. The summed E-state index contributed by atoms with van der Waals surface area (Å²) in [7, 11) is 0. The van der Waals surface area contributed by atoms with E-state index in [4.69, 9.17) is 10.5 Å². The number of nitrogens with zero attached hydrogens (tertiary/aromatic N) is 1. The monoisotopic (exact) mass is 404 g/mol. The van der Waals surface area contributed by atoms with Crippen molar-refractivity contribution in [2.75, 3.05) is 0 Å². The van der Waals surface area contributed by atoms with E-state index in [-0.39, 0.29) is 29.8 Å². The van der Waals surface area contributed by atoms with Crippen molar-refractivity contribution in [1.82, 2.24) is 4.90 Å². The molecule has 158 valence electrons. The van der Waals surface area contributed by atoms with Gasteiger partial charge in [0.05, 0.1) is 0 Å². The highest BCUT2D eigenvalue weighted by Gasteiger charge is 2.28. The molecule has 4 nitrogen and oxygen atoms in total. The Morgan fingerprint density at radius 3 is 2.38 bits per heavy atom. The molecule has 0 radical (unpaired) electrons. The van der Waals surface area contributed by atoms with Gasteiger partial charge in [-0.2, -0.15) is 0 Å². The van der Waals surface area contributed by atoms with Crippen LogP contribution >= 0.6 is 0 Å². The number of carbonyl (C=O) groups excluding carboxylic acids is 1. The lowest BCUT2D eigenvalue weighted by molar-refractivity contribution is -0.141. The Bertz CT molecular complexity index is 782. The summed E-state index contributed by atoms with van der Waals surface area (Å²) in [6.45, 7) is 6.36. The lowest BCUT2D eigenvalue weighted by Gasteiger charge is -2.31. The molecule has 29 heavy (non-hydrogen) atoms. The first kappa shape index (κ1) is 22.8. The van der Waals surface area contributed by atoms with Crippen LogP contribution in [0.2, 0.25) is 0 Å². The Kier molecular flexibility index (Phi) is 8.58. The SMILES string of the molecule is CCCC(Oc1ccc(CN)c(C(F)F)c1)C(=O)N(Cc1ccccc1)C(C)C. The third kappa shape index (κ3) is 6.26. The van der Waals surface area contributed by atoms with Gasteiger partial charge in [0, 0.05) is 24.7 Å². The van der Waals surface area contributed by atoms with Crippen molar-refractivity contribution in [3.8, 4) is 5.75 Å². The van der Waals surface area contributed by atoms with Gasteiger partial charge in [0.15, 0.2) is 6.10 Å². The van der Waals surface area contributed by atoms with E-state index in [1.165, 1.54) is 12.1 Å². The number of ether oxygens (including phenoxy) is 1. The second kappa shape index (κ2) is 10.9. The molecule has 0 bridgehead atoms. The first-order valence-corrected chi connectivity index (χ1v) is 9.99. The van der Waals surface area contributed by atoms with Crippen LogP contribution in [0.25, 0.3) is 0 Å². The fraction of sp³-hybridized carbons (Fsp3) is 0.435. The number of nitrogens with two attached hydrogens (primary N) is 1. The smallest absolute Gasteiger partial charge is 0.264 e. The third-order valence-electron chi connectivity index (χ3n) is 4.78. The molecular weight excluding hydrogens is 374 g/mol. The van der Waals surface area contributed by atoms with Crippen molar-refractivity contribution in [2.45, 2.75) is 65.3 Å². The topological polar surface area (TPSA) is 55.6 Å². The van der Waals surface area contributed by atoms with Crippen molar-refractivity contribution < 1.29 is 18.3 Å². The minimum absolute atomic E-state index is 0.0233. The second-order valence-electron chi connectivity index (χ2n) is 7.31. The van der Waals surface area contributed by atoms with E-state index in [1.54, 1.807) is 11.0 Å². The maximum atomic E-state index is 13.3. The molecule has 1 unspecified atom stereocenters. The number of alkyl halides is 2. The number of rotatable bonds is 10. The zero-order valence-corrected chi connectivity index (χ0v) is 17.3. The fourth-order valence-corrected chi connectivity index (χ4v) is 3.17. The van der Waals surface area contributed by atoms with Crippen LogP contribution in [0.3, 0.4) is 0 Å². The average Bonchev–Trinajstić information content (AvgIpc) is 2.71. The number of hydrogen-bond acceptors (Lipinski definition) is 3. The summed E-state index contributed by atoms with van der Waals surface area (Å²) in [5.74, 6) is 0.111. The average molecular weight is 405 g/mol. The van der Waals surface area contributed by atoms with Gasteiger partial charge in [-0.15, -0.1) is 0 Å². The number of amides is 1. The van der Waals surface area contributed by atoms with Crippen LogP contribution in [0.5, 0.6) is 5.75 Å². The second-order valence-corrected chi connectivity index (χ2v) is 7.31. The zero-order chi connectivity index (χ0) is 21.4. The van der Waals surface area contributed by atoms with Crippen molar-refractivity contribution in [1.29, 1.82) is 0 Å². The Labute approximate surface area is 171 Å². The standard InChI is InChI=1S/C23H30F2N2O2/c1-4-8-21(29-19-12-11-18(14-26)20(13-19)22(24)25)23(28)27(16(2)3)15-17-9-6-5-7-10-17/h5-7,9-13,16,21-22H,4,8,14-15,26H2,1-3H3. The fourth-order valence-electron chi connectivity index (χ4n) is 3.17. The molecule has 2 aromatic rings. The van der Waals surface area contributed by atoms with E-state index in [0.717, 1.165) is 12.0 Å². The Balaban J connectivity index is 2.24. The summed E-state index contributed by atoms with van der Waals surface area (Å²) >= 11 is 0. The van der Waals surface area contributed by atoms with Gasteiger partial charge in [-0.25, -0.2) is 8.78 Å². The third-order valence-corrected chi connectivity index (χ3v) is 4.78. The van der Waals surface area contributed by atoms with Crippen LogP contribution in [0.1, 0.15) is 56.7 Å². The Morgan fingerprint density at radius 1 is 1.14 bits per heavy atom. The largest absolute Gasteiger partial charge is 0.481 e. The minimum Gasteiger partial charge on any atom is -0.481 e. The molecule has 0 aliphatic heterocycles. The van der Waals surface area contributed by atoms with Crippen LogP contribution < -0.4 is 10.5 Å². The van der Waals surface area contributed by atoms with E-state index in [0.29, 0.717) is 18.5 Å². The van der Waals surface area contributed by atoms with Crippen molar-refractivity contribution >= 4 is 5.91 Å². The Morgan fingerprint density at radius 2 is 1.83 bits per heavy atom. The predicted molar refractivity (Wildman–Crippen MR) is 111 cm³/mol. The summed E-state index contributed by atoms with van der Waals surface area (Å²) in [5.41, 5.74) is 6.79. The normalized spacial score (nSPS) is 12.3. The van der Waals surface area contributed by atoms with E-state index in [1.807, 2.05) is 51.1 Å². The van der Waals surface area contributed by atoms with Crippen molar-refractivity contribution in [2.24, 2.45) is 5.73 Å². The van der Waals surface area contributed by atoms with Crippen LogP contribution in [0.15, 0.2) is 48.5 Å². The van der Waals surface area contributed by atoms with Gasteiger partial charge in [0.1, 0.15) is 5.75 Å². The van der Waals surface area contributed by atoms with E-state index in [9.17, 15) is 13.6 Å². The molecule has 0 saturated carbocycles. The molecule has 0 aromatic heterocycles. The molecule has 2 N–H and O–H groups in total. The van der Waals surface area contributed by atoms with Gasteiger partial charge in [0.2, 0.25) is 0 Å². The maximum absolute atomic E-state index is 13.3. The summed E-state index contributed by atoms with van der Waals surface area (Å²) in [5, 5.41) is 0. The van der Waals surface area contributed by atoms with Crippen LogP contribution in [0.4, 0.5) is 8.78 Å². The molecule has 2 rings (SSSR count). The molecule has 1 atom stereocenters. The quantitative estimate of drug-likeness (QED) is 0.602. The van der Waals surface area contributed by atoms with E-state index in [2.05, 4.69) is 0 Å². The highest BCUT2D eigenvalue weighted by molar-refractivity contribution is 5.81. The number of benzene rings is 2. The zero-order valence-electron chi connectivity index (χ0n) is 17.3. The number of hydrogen-bond donors (Lipinski definition) is 1. The van der Waals surface area contributed by atoms with Gasteiger partial charge in [-0.05, 0) is 43.5 Å². The van der Waals surface area contributed by atoms with Gasteiger partial charge in [-0.3, -0.25) is 4.79 Å². The first-order valence-electron chi connectivity index (χ1n) is 9.99. The first-order chi connectivity index (χ1) is 13.9. The van der Waals surface area contributed by atoms with Crippen molar-refractivity contribution in [3.63, 3.8) is 0 Å². The molecule has 1 amide bonds.